The Morgan fingerprint density at radius 2 is 2.12 bits per heavy atom. The molecule has 1 rings (SSSR count). The van der Waals surface area contributed by atoms with Crippen LogP contribution in [0.3, 0.4) is 0 Å². The third-order valence-corrected chi connectivity index (χ3v) is 1.63. The fourth-order valence-corrected chi connectivity index (χ4v) is 0.948. The summed E-state index contributed by atoms with van der Waals surface area (Å²) in [7, 11) is 0. The molecule has 0 spiro atoms. The molecule has 0 aliphatic heterocycles. The fraction of sp³-hybridized carbons (Fsp3) is 0.250. The molecule has 0 fully saturated rings. The van der Waals surface area contributed by atoms with E-state index in [0.29, 0.717) is 0 Å². The van der Waals surface area contributed by atoms with Gasteiger partial charge in [0.1, 0.15) is 18.3 Å². The highest BCUT2D eigenvalue weighted by atomic mass is 19.4. The molecule has 0 bridgehead atoms. The molecule has 0 radical (unpaired) electrons. The second kappa shape index (κ2) is 4.22. The lowest BCUT2D eigenvalue weighted by Gasteiger charge is -2.11. The number of pyridine rings is 1. The van der Waals surface area contributed by atoms with E-state index in [2.05, 4.69) is 9.72 Å². The molecule has 16 heavy (non-hydrogen) atoms. The maximum Gasteiger partial charge on any atom is 0.574 e. The molecule has 2 N–H and O–H groups in total. The van der Waals surface area contributed by atoms with Gasteiger partial charge < -0.3 is 10.5 Å². The van der Waals surface area contributed by atoms with Crippen LogP contribution in [0.15, 0.2) is 6.20 Å². The summed E-state index contributed by atoms with van der Waals surface area (Å²) in [5.74, 6) is -0.982. The molecule has 1 aromatic heterocycles. The second-order valence-electron chi connectivity index (χ2n) is 2.67. The Kier molecular flexibility index (Phi) is 3.17. The third-order valence-electron chi connectivity index (χ3n) is 1.63. The van der Waals surface area contributed by atoms with Gasteiger partial charge in [-0.2, -0.15) is 5.26 Å². The average molecular weight is 235 g/mol. The quantitative estimate of drug-likeness (QED) is 0.794. The molecule has 8 heteroatoms. The summed E-state index contributed by atoms with van der Waals surface area (Å²) in [6, 6.07) is 1.38. The van der Waals surface area contributed by atoms with Crippen molar-refractivity contribution in [1.29, 1.82) is 5.26 Å². The first-order valence-corrected chi connectivity index (χ1v) is 3.88. The number of hydrogen-bond acceptors (Lipinski definition) is 4. The lowest BCUT2D eigenvalue weighted by Crippen LogP contribution is -2.19. The maximum absolute atomic E-state index is 12.3. The normalized spacial score (nSPS) is 10.9. The van der Waals surface area contributed by atoms with Crippen LogP contribution in [0.4, 0.5) is 23.2 Å². The van der Waals surface area contributed by atoms with Crippen LogP contribution in [-0.4, -0.2) is 11.3 Å². The van der Waals surface area contributed by atoms with E-state index in [4.69, 9.17) is 11.0 Å². The minimum atomic E-state index is -4.98. The van der Waals surface area contributed by atoms with Crippen molar-refractivity contribution in [3.8, 4) is 11.9 Å². The summed E-state index contributed by atoms with van der Waals surface area (Å²) >= 11 is 0. The summed E-state index contributed by atoms with van der Waals surface area (Å²) in [4.78, 5) is 3.18. The summed E-state index contributed by atoms with van der Waals surface area (Å²) in [6.45, 7) is -1.03. The molecule has 0 unspecified atom stereocenters. The van der Waals surface area contributed by atoms with Crippen molar-refractivity contribution >= 4 is 5.69 Å². The van der Waals surface area contributed by atoms with Gasteiger partial charge in [-0.3, -0.25) is 0 Å². The van der Waals surface area contributed by atoms with E-state index in [0.717, 1.165) is 6.20 Å². The van der Waals surface area contributed by atoms with E-state index < -0.39 is 30.2 Å². The molecule has 86 valence electrons. The predicted molar refractivity (Wildman–Crippen MR) is 44.9 cm³/mol. The van der Waals surface area contributed by atoms with Gasteiger partial charge in [-0.1, -0.05) is 0 Å². The molecule has 4 nitrogen and oxygen atoms in total. The monoisotopic (exact) mass is 235 g/mol. The molecule has 0 aliphatic carbocycles. The molecule has 0 saturated heterocycles. The van der Waals surface area contributed by atoms with Gasteiger partial charge in [-0.05, 0) is 0 Å². The number of ether oxygens (including phenoxy) is 1. The van der Waals surface area contributed by atoms with Gasteiger partial charge in [0.15, 0.2) is 0 Å². The van der Waals surface area contributed by atoms with Crippen LogP contribution < -0.4 is 10.5 Å². The molecule has 0 aromatic carbocycles. The van der Waals surface area contributed by atoms with Crippen molar-refractivity contribution in [3.05, 3.63) is 17.3 Å². The summed E-state index contributed by atoms with van der Waals surface area (Å²) in [5, 5.41) is 8.58. The number of nitriles is 1. The first kappa shape index (κ1) is 12.0. The highest BCUT2D eigenvalue weighted by molar-refractivity contribution is 5.62. The zero-order chi connectivity index (χ0) is 12.3. The number of aromatic nitrogens is 1. The van der Waals surface area contributed by atoms with E-state index in [-0.39, 0.29) is 5.56 Å². The van der Waals surface area contributed by atoms with Crippen molar-refractivity contribution < 1.29 is 22.3 Å². The molecular formula is C8H5F4N3O. The van der Waals surface area contributed by atoms with Gasteiger partial charge in [0, 0.05) is 11.8 Å². The predicted octanol–water partition coefficient (Wildman–Crippen LogP) is 1.90. The SMILES string of the molecule is N#Cc1c(OC(F)(F)F)ncc(CF)c1N. The van der Waals surface area contributed by atoms with Crippen molar-refractivity contribution in [2.45, 2.75) is 13.0 Å². The van der Waals surface area contributed by atoms with Gasteiger partial charge in [0.25, 0.3) is 0 Å². The zero-order valence-electron chi connectivity index (χ0n) is 7.68. The van der Waals surface area contributed by atoms with Crippen LogP contribution in [0.2, 0.25) is 0 Å². The molecular weight excluding hydrogens is 230 g/mol. The largest absolute Gasteiger partial charge is 0.574 e. The van der Waals surface area contributed by atoms with Gasteiger partial charge in [-0.25, -0.2) is 9.37 Å². The topological polar surface area (TPSA) is 71.9 Å². The van der Waals surface area contributed by atoms with Crippen molar-refractivity contribution in [2.24, 2.45) is 0 Å². The zero-order valence-corrected chi connectivity index (χ0v) is 7.68. The Bertz CT molecular complexity index is 438. The minimum Gasteiger partial charge on any atom is -0.397 e. The number of nitrogen functional groups attached to an aromatic ring is 1. The number of alkyl halides is 4. The molecule has 1 aromatic rings. The standard InChI is InChI=1S/C8H5F4N3O/c9-1-4-3-15-7(16-8(10,11)12)5(2-13)6(4)14/h3H,1H2,(H2,14,15). The van der Waals surface area contributed by atoms with Gasteiger partial charge in [-0.15, -0.1) is 13.2 Å². The van der Waals surface area contributed by atoms with Crippen LogP contribution in [0, 0.1) is 11.3 Å². The van der Waals surface area contributed by atoms with E-state index >= 15 is 0 Å². The molecule has 0 amide bonds. The minimum absolute atomic E-state index is 0.161. The Balaban J connectivity index is 3.23. The number of nitrogens with zero attached hydrogens (tertiary/aromatic N) is 2. The molecule has 0 saturated carbocycles. The first-order chi connectivity index (χ1) is 7.39. The maximum atomic E-state index is 12.3. The smallest absolute Gasteiger partial charge is 0.397 e. The van der Waals surface area contributed by atoms with Crippen molar-refractivity contribution in [2.75, 3.05) is 5.73 Å². The second-order valence-corrected chi connectivity index (χ2v) is 2.67. The van der Waals surface area contributed by atoms with Gasteiger partial charge in [0.05, 0.1) is 5.69 Å². The van der Waals surface area contributed by atoms with E-state index in [9.17, 15) is 17.6 Å². The highest BCUT2D eigenvalue weighted by Crippen LogP contribution is 2.29. The first-order valence-electron chi connectivity index (χ1n) is 3.88. The van der Waals surface area contributed by atoms with Crippen LogP contribution in [0.5, 0.6) is 5.88 Å². The number of nitrogens with two attached hydrogens (primary N) is 1. The summed E-state index contributed by atoms with van der Waals surface area (Å²) < 4.78 is 51.4. The molecule has 0 aliphatic rings. The highest BCUT2D eigenvalue weighted by Gasteiger charge is 2.33. The number of hydrogen-bond donors (Lipinski definition) is 1. The number of rotatable bonds is 2. The van der Waals surface area contributed by atoms with Crippen LogP contribution in [0.1, 0.15) is 11.1 Å². The van der Waals surface area contributed by atoms with Crippen LogP contribution in [0.25, 0.3) is 0 Å². The van der Waals surface area contributed by atoms with Gasteiger partial charge in [0.2, 0.25) is 5.88 Å². The lowest BCUT2D eigenvalue weighted by molar-refractivity contribution is -0.276. The van der Waals surface area contributed by atoms with Crippen molar-refractivity contribution in [1.82, 2.24) is 4.98 Å². The Morgan fingerprint density at radius 3 is 2.56 bits per heavy atom. The lowest BCUT2D eigenvalue weighted by atomic mass is 10.1. The van der Waals surface area contributed by atoms with E-state index in [1.165, 1.54) is 6.07 Å². The Morgan fingerprint density at radius 1 is 1.50 bits per heavy atom. The van der Waals surface area contributed by atoms with Crippen LogP contribution >= 0.6 is 0 Å². The Labute approximate surface area is 87.3 Å². The van der Waals surface area contributed by atoms with E-state index in [1.807, 2.05) is 0 Å². The van der Waals surface area contributed by atoms with Crippen LogP contribution in [-0.2, 0) is 6.67 Å². The fourth-order valence-electron chi connectivity index (χ4n) is 0.948. The average Bonchev–Trinajstić information content (AvgIpc) is 2.16. The molecule has 0 atom stereocenters. The summed E-state index contributed by atoms with van der Waals surface area (Å²) in [5.41, 5.74) is 4.08. The number of halogens is 4. The summed E-state index contributed by atoms with van der Waals surface area (Å²) in [6.07, 6.45) is -4.19. The van der Waals surface area contributed by atoms with Crippen molar-refractivity contribution in [3.63, 3.8) is 0 Å². The van der Waals surface area contributed by atoms with Gasteiger partial charge >= 0.3 is 6.36 Å². The number of anilines is 1. The Hall–Kier alpha value is -2.04. The molecule has 1 heterocycles. The third kappa shape index (κ3) is 2.50. The van der Waals surface area contributed by atoms with E-state index in [1.54, 1.807) is 0 Å².